The maximum Gasteiger partial charge on any atom is 0.226 e. The van der Waals surface area contributed by atoms with E-state index < -0.39 is 0 Å². The van der Waals surface area contributed by atoms with Crippen LogP contribution in [0.5, 0.6) is 0 Å². The van der Waals surface area contributed by atoms with Gasteiger partial charge in [-0.15, -0.1) is 10.2 Å². The van der Waals surface area contributed by atoms with Gasteiger partial charge < -0.3 is 13.9 Å². The van der Waals surface area contributed by atoms with Crippen LogP contribution in [-0.2, 0) is 13.5 Å². The van der Waals surface area contributed by atoms with Gasteiger partial charge in [-0.2, -0.15) is 0 Å². The molecular formula is C19H29N5O. The largest absolute Gasteiger partial charge is 0.472 e. The molecule has 2 aromatic rings. The van der Waals surface area contributed by atoms with Crippen LogP contribution in [0.4, 0.5) is 5.95 Å². The quantitative estimate of drug-likeness (QED) is 0.854. The Bertz CT molecular complexity index is 679. The van der Waals surface area contributed by atoms with Gasteiger partial charge in [0.25, 0.3) is 0 Å². The van der Waals surface area contributed by atoms with Crippen LogP contribution in [0.2, 0.25) is 0 Å². The van der Waals surface area contributed by atoms with Gasteiger partial charge in [-0.05, 0) is 57.3 Å². The molecule has 2 saturated heterocycles. The summed E-state index contributed by atoms with van der Waals surface area (Å²) < 4.78 is 7.29. The fraction of sp³-hybridized carbons (Fsp3) is 0.684. The van der Waals surface area contributed by atoms with Crippen molar-refractivity contribution < 1.29 is 4.42 Å². The molecule has 0 N–H and O–H groups in total. The van der Waals surface area contributed by atoms with Crippen molar-refractivity contribution in [3.05, 3.63) is 30.0 Å². The smallest absolute Gasteiger partial charge is 0.226 e. The number of nitrogens with zero attached hydrogens (tertiary/aromatic N) is 5. The van der Waals surface area contributed by atoms with E-state index in [0.717, 1.165) is 36.8 Å². The average molecular weight is 343 g/mol. The normalized spacial score (nSPS) is 21.6. The molecule has 0 aliphatic carbocycles. The summed E-state index contributed by atoms with van der Waals surface area (Å²) in [7, 11) is 2.07. The number of likely N-dealkylation sites (tertiary alicyclic amines) is 1. The van der Waals surface area contributed by atoms with Crippen LogP contribution in [0.3, 0.4) is 0 Å². The molecule has 0 amide bonds. The molecular weight excluding hydrogens is 314 g/mol. The third-order valence-corrected chi connectivity index (χ3v) is 6.13. The second-order valence-corrected chi connectivity index (χ2v) is 7.82. The number of piperidine rings is 2. The van der Waals surface area contributed by atoms with Gasteiger partial charge in [0, 0.05) is 32.1 Å². The third-order valence-electron chi connectivity index (χ3n) is 6.13. The second kappa shape index (κ2) is 6.83. The topological polar surface area (TPSA) is 50.3 Å². The highest BCUT2D eigenvalue weighted by Gasteiger charge is 2.37. The van der Waals surface area contributed by atoms with E-state index in [9.17, 15) is 0 Å². The zero-order valence-electron chi connectivity index (χ0n) is 15.4. The standard InChI is InChI=1S/C19H29N5O/c1-19(24-9-4-3-5-10-24)7-11-23(12-8-19)18-21-20-17(22(18)2)14-16-6-13-25-15-16/h6,13,15H,3-5,7-12,14H2,1-2H3. The first-order valence-electron chi connectivity index (χ1n) is 9.55. The summed E-state index contributed by atoms with van der Waals surface area (Å²) >= 11 is 0. The summed E-state index contributed by atoms with van der Waals surface area (Å²) in [5.41, 5.74) is 1.49. The molecule has 6 heteroatoms. The molecule has 0 bridgehead atoms. The predicted molar refractivity (Wildman–Crippen MR) is 97.8 cm³/mol. The average Bonchev–Trinajstić information content (AvgIpc) is 3.28. The third kappa shape index (κ3) is 3.32. The monoisotopic (exact) mass is 343 g/mol. The van der Waals surface area contributed by atoms with Crippen LogP contribution in [0.1, 0.15) is 50.4 Å². The Balaban J connectivity index is 1.41. The van der Waals surface area contributed by atoms with Crippen LogP contribution < -0.4 is 4.90 Å². The van der Waals surface area contributed by atoms with Crippen LogP contribution in [-0.4, -0.2) is 51.4 Å². The van der Waals surface area contributed by atoms with Gasteiger partial charge in [-0.1, -0.05) is 6.42 Å². The lowest BCUT2D eigenvalue weighted by Crippen LogP contribution is -2.55. The minimum absolute atomic E-state index is 0.356. The molecule has 6 nitrogen and oxygen atoms in total. The molecule has 2 aliphatic heterocycles. The molecule has 0 unspecified atom stereocenters. The Morgan fingerprint density at radius 2 is 1.84 bits per heavy atom. The first-order valence-corrected chi connectivity index (χ1v) is 9.55. The van der Waals surface area contributed by atoms with Crippen molar-refractivity contribution in [1.29, 1.82) is 0 Å². The molecule has 4 rings (SSSR count). The molecule has 0 spiro atoms. The summed E-state index contributed by atoms with van der Waals surface area (Å²) in [6, 6.07) is 1.99. The first kappa shape index (κ1) is 16.6. The van der Waals surface area contributed by atoms with Crippen LogP contribution in [0.15, 0.2) is 23.0 Å². The van der Waals surface area contributed by atoms with E-state index in [-0.39, 0.29) is 0 Å². The summed E-state index contributed by atoms with van der Waals surface area (Å²) in [5.74, 6) is 1.99. The number of rotatable bonds is 4. The predicted octanol–water partition coefficient (Wildman–Crippen LogP) is 2.84. The fourth-order valence-corrected chi connectivity index (χ4v) is 4.30. The number of anilines is 1. The lowest BCUT2D eigenvalue weighted by atomic mass is 9.86. The van der Waals surface area contributed by atoms with Gasteiger partial charge in [0.15, 0.2) is 0 Å². The van der Waals surface area contributed by atoms with Crippen molar-refractivity contribution in [1.82, 2.24) is 19.7 Å². The van der Waals surface area contributed by atoms with E-state index in [1.54, 1.807) is 12.5 Å². The van der Waals surface area contributed by atoms with E-state index in [1.165, 1.54) is 45.2 Å². The Labute approximate surface area is 149 Å². The van der Waals surface area contributed by atoms with E-state index in [4.69, 9.17) is 4.42 Å². The number of aromatic nitrogens is 3. The highest BCUT2D eigenvalue weighted by atomic mass is 16.3. The summed E-state index contributed by atoms with van der Waals surface area (Å²) in [6.45, 7) is 7.12. The van der Waals surface area contributed by atoms with E-state index in [0.29, 0.717) is 5.54 Å². The van der Waals surface area contributed by atoms with Gasteiger partial charge in [0.05, 0.1) is 12.5 Å². The molecule has 136 valence electrons. The van der Waals surface area contributed by atoms with Crippen molar-refractivity contribution in [2.24, 2.45) is 7.05 Å². The fourth-order valence-electron chi connectivity index (χ4n) is 4.30. The van der Waals surface area contributed by atoms with Crippen molar-refractivity contribution in [3.63, 3.8) is 0 Å². The number of furan rings is 1. The van der Waals surface area contributed by atoms with Crippen LogP contribution in [0.25, 0.3) is 0 Å². The number of hydrogen-bond acceptors (Lipinski definition) is 5. The Kier molecular flexibility index (Phi) is 4.54. The van der Waals surface area contributed by atoms with E-state index in [2.05, 4.69) is 38.5 Å². The van der Waals surface area contributed by atoms with Crippen molar-refractivity contribution in [3.8, 4) is 0 Å². The Hall–Kier alpha value is -1.82. The van der Waals surface area contributed by atoms with Crippen molar-refractivity contribution in [2.45, 2.75) is 51.0 Å². The Morgan fingerprint density at radius 3 is 2.52 bits per heavy atom. The zero-order valence-corrected chi connectivity index (χ0v) is 15.4. The summed E-state index contributed by atoms with van der Waals surface area (Å²) in [6.07, 6.45) is 10.8. The van der Waals surface area contributed by atoms with Gasteiger partial charge in [0.2, 0.25) is 5.95 Å². The molecule has 2 aromatic heterocycles. The van der Waals surface area contributed by atoms with Gasteiger partial charge >= 0.3 is 0 Å². The Morgan fingerprint density at radius 1 is 1.08 bits per heavy atom. The molecule has 0 radical (unpaired) electrons. The molecule has 0 atom stereocenters. The lowest BCUT2D eigenvalue weighted by molar-refractivity contribution is 0.0590. The molecule has 0 saturated carbocycles. The van der Waals surface area contributed by atoms with E-state index in [1.807, 2.05) is 6.07 Å². The second-order valence-electron chi connectivity index (χ2n) is 7.82. The van der Waals surface area contributed by atoms with Crippen LogP contribution in [0, 0.1) is 0 Å². The maximum atomic E-state index is 5.16. The van der Waals surface area contributed by atoms with Gasteiger partial charge in [-0.3, -0.25) is 4.90 Å². The highest BCUT2D eigenvalue weighted by Crippen LogP contribution is 2.32. The molecule has 2 fully saturated rings. The minimum atomic E-state index is 0.356. The van der Waals surface area contributed by atoms with Crippen molar-refractivity contribution >= 4 is 5.95 Å². The molecule has 4 heterocycles. The van der Waals surface area contributed by atoms with Gasteiger partial charge in [-0.25, -0.2) is 0 Å². The maximum absolute atomic E-state index is 5.16. The first-order chi connectivity index (χ1) is 12.2. The van der Waals surface area contributed by atoms with E-state index >= 15 is 0 Å². The highest BCUT2D eigenvalue weighted by molar-refractivity contribution is 5.33. The summed E-state index contributed by atoms with van der Waals surface area (Å²) in [5, 5.41) is 8.89. The SMILES string of the molecule is Cn1c(Cc2ccoc2)nnc1N1CCC(C)(N2CCCCC2)CC1. The minimum Gasteiger partial charge on any atom is -0.472 e. The van der Waals surface area contributed by atoms with Crippen LogP contribution >= 0.6 is 0 Å². The molecule has 25 heavy (non-hydrogen) atoms. The van der Waals surface area contributed by atoms with Crippen molar-refractivity contribution in [2.75, 3.05) is 31.1 Å². The molecule has 2 aliphatic rings. The van der Waals surface area contributed by atoms with Gasteiger partial charge in [0.1, 0.15) is 5.82 Å². The summed E-state index contributed by atoms with van der Waals surface area (Å²) in [4.78, 5) is 5.13. The zero-order chi connectivity index (χ0) is 17.3. The lowest BCUT2D eigenvalue weighted by Gasteiger charge is -2.48. The molecule has 0 aromatic carbocycles. The number of hydrogen-bond donors (Lipinski definition) is 0.